The van der Waals surface area contributed by atoms with Crippen molar-refractivity contribution in [1.82, 2.24) is 4.98 Å². The van der Waals surface area contributed by atoms with Gasteiger partial charge < -0.3 is 25.5 Å². The molecule has 1 aromatic heterocycles. The standard InChI is InChI=1S/C23H18ClN5O4/c1-2-32-19-9-13(21-14(10-25)22(27)29-23(31)15(21)11-26)7-8-18(19)33-12-20(30)28-17-6-4-3-5-16(17)24/h3-9H,2,12H2,1H3,(H,28,30)(H3,27,29,31). The van der Waals surface area contributed by atoms with Crippen molar-refractivity contribution in [2.45, 2.75) is 6.92 Å². The maximum absolute atomic E-state index is 12.3. The van der Waals surface area contributed by atoms with Crippen LogP contribution in [0.3, 0.4) is 0 Å². The molecule has 0 atom stereocenters. The Balaban J connectivity index is 1.92. The number of aromatic amines is 1. The first kappa shape index (κ1) is 23.2. The van der Waals surface area contributed by atoms with Crippen molar-refractivity contribution >= 4 is 29.0 Å². The van der Waals surface area contributed by atoms with Crippen LogP contribution in [0, 0.1) is 22.7 Å². The Kier molecular flexibility index (Phi) is 7.19. The summed E-state index contributed by atoms with van der Waals surface area (Å²) in [6, 6.07) is 15.1. The fourth-order valence-electron chi connectivity index (χ4n) is 3.08. The number of nitrogens with two attached hydrogens (primary N) is 1. The summed E-state index contributed by atoms with van der Waals surface area (Å²) >= 11 is 6.04. The molecule has 4 N–H and O–H groups in total. The lowest BCUT2D eigenvalue weighted by Crippen LogP contribution is -2.20. The number of anilines is 2. The number of carbonyl (C=O) groups excluding carboxylic acids is 1. The second-order valence-electron chi connectivity index (χ2n) is 6.63. The Labute approximate surface area is 193 Å². The lowest BCUT2D eigenvalue weighted by Gasteiger charge is -2.15. The summed E-state index contributed by atoms with van der Waals surface area (Å²) in [4.78, 5) is 26.8. The fourth-order valence-corrected chi connectivity index (χ4v) is 3.26. The molecule has 33 heavy (non-hydrogen) atoms. The van der Waals surface area contributed by atoms with Gasteiger partial charge in [-0.1, -0.05) is 29.8 Å². The normalized spacial score (nSPS) is 10.1. The summed E-state index contributed by atoms with van der Waals surface area (Å²) in [5.41, 5.74) is 5.67. The summed E-state index contributed by atoms with van der Waals surface area (Å²) in [6.07, 6.45) is 0. The van der Waals surface area contributed by atoms with Gasteiger partial charge in [-0.3, -0.25) is 9.59 Å². The van der Waals surface area contributed by atoms with E-state index in [-0.39, 0.29) is 47.2 Å². The molecule has 2 aromatic carbocycles. The maximum Gasteiger partial charge on any atom is 0.268 e. The van der Waals surface area contributed by atoms with Crippen LogP contribution in [0.1, 0.15) is 18.1 Å². The Morgan fingerprint density at radius 1 is 1.12 bits per heavy atom. The SMILES string of the molecule is CCOc1cc(-c2c(C#N)c(N)[nH]c(=O)c2C#N)ccc1OCC(=O)Nc1ccccc1Cl. The van der Waals surface area contributed by atoms with Crippen LogP contribution in [-0.4, -0.2) is 24.1 Å². The number of pyridine rings is 1. The number of H-pyrrole nitrogens is 1. The van der Waals surface area contributed by atoms with Crippen LogP contribution in [0.25, 0.3) is 11.1 Å². The second-order valence-corrected chi connectivity index (χ2v) is 7.03. The Morgan fingerprint density at radius 3 is 2.52 bits per heavy atom. The Bertz CT molecular complexity index is 1350. The number of halogens is 1. The van der Waals surface area contributed by atoms with Crippen molar-refractivity contribution < 1.29 is 14.3 Å². The number of hydrogen-bond donors (Lipinski definition) is 3. The number of rotatable bonds is 7. The smallest absolute Gasteiger partial charge is 0.268 e. The molecule has 1 amide bonds. The third-order valence-electron chi connectivity index (χ3n) is 4.51. The summed E-state index contributed by atoms with van der Waals surface area (Å²) < 4.78 is 11.2. The monoisotopic (exact) mass is 463 g/mol. The van der Waals surface area contributed by atoms with Gasteiger partial charge in [0.25, 0.3) is 11.5 Å². The van der Waals surface area contributed by atoms with Crippen LogP contribution in [0.15, 0.2) is 47.3 Å². The number of ether oxygens (including phenoxy) is 2. The van der Waals surface area contributed by atoms with Crippen molar-refractivity contribution in [3.8, 4) is 34.8 Å². The zero-order chi connectivity index (χ0) is 24.0. The average molecular weight is 464 g/mol. The number of para-hydroxylation sites is 1. The van der Waals surface area contributed by atoms with E-state index in [1.807, 2.05) is 12.1 Å². The van der Waals surface area contributed by atoms with E-state index in [4.69, 9.17) is 26.8 Å². The number of amides is 1. The van der Waals surface area contributed by atoms with Crippen LogP contribution in [0.4, 0.5) is 11.5 Å². The molecule has 9 nitrogen and oxygen atoms in total. The van der Waals surface area contributed by atoms with Gasteiger partial charge in [-0.05, 0) is 36.8 Å². The summed E-state index contributed by atoms with van der Waals surface area (Å²) in [5.74, 6) is -0.0709. The van der Waals surface area contributed by atoms with Crippen molar-refractivity contribution in [1.29, 1.82) is 10.5 Å². The van der Waals surface area contributed by atoms with Gasteiger partial charge in [-0.2, -0.15) is 10.5 Å². The molecule has 0 aliphatic heterocycles. The Hall–Kier alpha value is -4.47. The molecule has 0 spiro atoms. The number of nitrogens with zero attached hydrogens (tertiary/aromatic N) is 2. The molecule has 0 bridgehead atoms. The quantitative estimate of drug-likeness (QED) is 0.484. The molecule has 3 aromatic rings. The van der Waals surface area contributed by atoms with E-state index in [0.29, 0.717) is 16.3 Å². The zero-order valence-corrected chi connectivity index (χ0v) is 18.2. The molecule has 0 aliphatic rings. The molecule has 0 radical (unpaired) electrons. The number of nitrogen functional groups attached to an aromatic ring is 1. The van der Waals surface area contributed by atoms with Gasteiger partial charge in [-0.15, -0.1) is 0 Å². The number of aromatic nitrogens is 1. The maximum atomic E-state index is 12.3. The van der Waals surface area contributed by atoms with Crippen LogP contribution < -0.4 is 26.1 Å². The molecule has 0 saturated carbocycles. The average Bonchev–Trinajstić information content (AvgIpc) is 2.79. The molecule has 0 unspecified atom stereocenters. The van der Waals surface area contributed by atoms with Gasteiger partial charge >= 0.3 is 0 Å². The highest BCUT2D eigenvalue weighted by Gasteiger charge is 2.20. The van der Waals surface area contributed by atoms with Crippen molar-refractivity contribution in [2.24, 2.45) is 0 Å². The molecule has 1 heterocycles. The first-order valence-corrected chi connectivity index (χ1v) is 10.1. The zero-order valence-electron chi connectivity index (χ0n) is 17.4. The van der Waals surface area contributed by atoms with Gasteiger partial charge in [0, 0.05) is 5.56 Å². The van der Waals surface area contributed by atoms with Crippen molar-refractivity contribution in [3.63, 3.8) is 0 Å². The second kappa shape index (κ2) is 10.2. The van der Waals surface area contributed by atoms with Crippen LogP contribution in [0.5, 0.6) is 11.5 Å². The summed E-state index contributed by atoms with van der Waals surface area (Å²) in [6.45, 7) is 1.71. The van der Waals surface area contributed by atoms with Gasteiger partial charge in [0.05, 0.1) is 17.3 Å². The number of hydrogen-bond acceptors (Lipinski definition) is 7. The van der Waals surface area contributed by atoms with Gasteiger partial charge in [0.2, 0.25) is 0 Å². The lowest BCUT2D eigenvalue weighted by atomic mass is 9.96. The number of carbonyl (C=O) groups is 1. The van der Waals surface area contributed by atoms with E-state index in [9.17, 15) is 20.1 Å². The van der Waals surface area contributed by atoms with Crippen molar-refractivity contribution in [2.75, 3.05) is 24.3 Å². The number of nitrogens with one attached hydrogen (secondary N) is 2. The van der Waals surface area contributed by atoms with E-state index in [1.54, 1.807) is 37.3 Å². The van der Waals surface area contributed by atoms with E-state index < -0.39 is 11.5 Å². The molecular formula is C23H18ClN5O4. The molecular weight excluding hydrogens is 446 g/mol. The first-order chi connectivity index (χ1) is 15.9. The number of nitriles is 2. The third-order valence-corrected chi connectivity index (χ3v) is 4.84. The minimum atomic E-state index is -0.710. The summed E-state index contributed by atoms with van der Waals surface area (Å²) in [7, 11) is 0. The molecule has 166 valence electrons. The first-order valence-electron chi connectivity index (χ1n) is 9.69. The van der Waals surface area contributed by atoms with E-state index >= 15 is 0 Å². The highest BCUT2D eigenvalue weighted by atomic mass is 35.5. The number of benzene rings is 2. The predicted molar refractivity (Wildman–Crippen MR) is 123 cm³/mol. The molecule has 3 rings (SSSR count). The van der Waals surface area contributed by atoms with E-state index in [2.05, 4.69) is 10.3 Å². The van der Waals surface area contributed by atoms with Crippen LogP contribution >= 0.6 is 11.6 Å². The topological polar surface area (TPSA) is 154 Å². The van der Waals surface area contributed by atoms with E-state index in [0.717, 1.165) is 0 Å². The molecule has 10 heteroatoms. The van der Waals surface area contributed by atoms with Crippen LogP contribution in [0.2, 0.25) is 5.02 Å². The van der Waals surface area contributed by atoms with Crippen molar-refractivity contribution in [3.05, 3.63) is 69.0 Å². The highest BCUT2D eigenvalue weighted by Crippen LogP contribution is 2.36. The predicted octanol–water partition coefficient (Wildman–Crippen LogP) is 3.44. The van der Waals surface area contributed by atoms with Gasteiger partial charge in [0.15, 0.2) is 18.1 Å². The minimum absolute atomic E-state index is 0.0404. The minimum Gasteiger partial charge on any atom is -0.490 e. The molecule has 0 aliphatic carbocycles. The highest BCUT2D eigenvalue weighted by molar-refractivity contribution is 6.33. The van der Waals surface area contributed by atoms with Gasteiger partial charge in [-0.25, -0.2) is 0 Å². The molecule has 0 fully saturated rings. The largest absolute Gasteiger partial charge is 0.490 e. The third kappa shape index (κ3) is 5.06. The fraction of sp³-hybridized carbons (Fsp3) is 0.130. The lowest BCUT2D eigenvalue weighted by molar-refractivity contribution is -0.118. The molecule has 0 saturated heterocycles. The van der Waals surface area contributed by atoms with Crippen LogP contribution in [-0.2, 0) is 4.79 Å². The van der Waals surface area contributed by atoms with E-state index in [1.165, 1.54) is 12.1 Å². The summed E-state index contributed by atoms with van der Waals surface area (Å²) in [5, 5.41) is 22.0. The van der Waals surface area contributed by atoms with Gasteiger partial charge in [0.1, 0.15) is 29.1 Å². The Morgan fingerprint density at radius 2 is 1.85 bits per heavy atom.